The monoisotopic (exact) mass is 865 g/mol. The van der Waals surface area contributed by atoms with E-state index in [1.54, 1.807) is 0 Å². The highest BCUT2D eigenvalue weighted by Gasteiger charge is 2.19. The maximum absolute atomic E-state index is 12.8. The summed E-state index contributed by atoms with van der Waals surface area (Å²) in [4.78, 5) is 37.8. The number of esters is 3. The molecule has 0 heterocycles. The molecule has 0 fully saturated rings. The van der Waals surface area contributed by atoms with Gasteiger partial charge in [0.05, 0.1) is 0 Å². The summed E-state index contributed by atoms with van der Waals surface area (Å²) in [6.07, 6.45) is 72.4. The molecule has 0 aliphatic rings. The van der Waals surface area contributed by atoms with Gasteiger partial charge in [0.25, 0.3) is 0 Å². The normalized spacial score (nSPS) is 13.5. The summed E-state index contributed by atoms with van der Waals surface area (Å²) >= 11 is 0. The third-order valence-corrected chi connectivity index (χ3v) is 9.15. The van der Waals surface area contributed by atoms with Crippen molar-refractivity contribution in [3.63, 3.8) is 0 Å². The van der Waals surface area contributed by atoms with Gasteiger partial charge < -0.3 is 14.2 Å². The zero-order valence-electron chi connectivity index (χ0n) is 39.5. The fourth-order valence-corrected chi connectivity index (χ4v) is 5.65. The summed E-state index contributed by atoms with van der Waals surface area (Å²) in [7, 11) is 0. The van der Waals surface area contributed by atoms with Crippen molar-refractivity contribution in [2.24, 2.45) is 0 Å². The van der Waals surface area contributed by atoms with Crippen LogP contribution in [0.15, 0.2) is 158 Å². The second-order valence-corrected chi connectivity index (χ2v) is 15.0. The van der Waals surface area contributed by atoms with Crippen LogP contribution in [0, 0.1) is 0 Å². The van der Waals surface area contributed by atoms with E-state index in [0.29, 0.717) is 12.8 Å². The van der Waals surface area contributed by atoms with Crippen LogP contribution in [0.3, 0.4) is 0 Å². The highest BCUT2D eigenvalue weighted by atomic mass is 16.6. The molecule has 348 valence electrons. The minimum atomic E-state index is -0.851. The van der Waals surface area contributed by atoms with Crippen molar-refractivity contribution in [2.45, 2.75) is 168 Å². The summed E-state index contributed by atoms with van der Waals surface area (Å²) < 4.78 is 16.6. The Morgan fingerprint density at radius 3 is 1.21 bits per heavy atom. The number of rotatable bonds is 40. The molecule has 0 amide bonds. The SMILES string of the molecule is CC\C=C/C=C\C=C/C=C\C=C/CCCC(=O)OCC(COC(=O)CC/C=C\C/C=C\C/C=C\C/C=C\C/C=C\CC)OC(=O)CCCCCCCC/C=C\C/C=C\C/C=C\CC. The lowest BCUT2D eigenvalue weighted by Gasteiger charge is -2.18. The lowest BCUT2D eigenvalue weighted by atomic mass is 10.1. The summed E-state index contributed by atoms with van der Waals surface area (Å²) in [5, 5.41) is 0. The van der Waals surface area contributed by atoms with Crippen LogP contribution in [0.2, 0.25) is 0 Å². The quantitative estimate of drug-likeness (QED) is 0.0201. The Hall–Kier alpha value is -4.97. The lowest BCUT2D eigenvalue weighted by Crippen LogP contribution is -2.30. The number of hydrogen-bond donors (Lipinski definition) is 0. The van der Waals surface area contributed by atoms with Crippen LogP contribution >= 0.6 is 0 Å². The first-order chi connectivity index (χ1) is 31.0. The van der Waals surface area contributed by atoms with E-state index in [-0.39, 0.29) is 50.4 Å². The van der Waals surface area contributed by atoms with Crippen molar-refractivity contribution in [1.29, 1.82) is 0 Å². The number of carbonyl (C=O) groups is 3. The van der Waals surface area contributed by atoms with E-state index in [9.17, 15) is 14.4 Å². The molecule has 0 aliphatic carbocycles. The molecule has 0 aromatic carbocycles. The fraction of sp³-hybridized carbons (Fsp3) is 0.491. The first kappa shape index (κ1) is 58.0. The van der Waals surface area contributed by atoms with Gasteiger partial charge in [-0.2, -0.15) is 0 Å². The number of allylic oxidation sites excluding steroid dienone is 26. The number of unbranched alkanes of at least 4 members (excludes halogenated alkanes) is 7. The Bertz CT molecular complexity index is 1510. The Labute approximate surface area is 384 Å². The Balaban J connectivity index is 4.66. The first-order valence-electron chi connectivity index (χ1n) is 24.1. The molecule has 1 atom stereocenters. The van der Waals surface area contributed by atoms with Crippen LogP contribution < -0.4 is 0 Å². The van der Waals surface area contributed by atoms with Gasteiger partial charge in [-0.3, -0.25) is 14.4 Å². The largest absolute Gasteiger partial charge is 0.462 e. The maximum Gasteiger partial charge on any atom is 0.306 e. The second kappa shape index (κ2) is 49.7. The predicted octanol–water partition coefficient (Wildman–Crippen LogP) is 15.9. The van der Waals surface area contributed by atoms with Crippen LogP contribution in [0.5, 0.6) is 0 Å². The molecule has 6 heteroatoms. The molecule has 0 rings (SSSR count). The standard InChI is InChI=1S/C57H84O6/c1-4-7-10-13-16-19-22-25-27-29-32-35-38-41-44-47-50-56(59)62-53-54(52-61-55(58)49-46-43-40-37-34-31-24-21-18-15-12-9-6-3)63-57(60)51-48-45-42-39-36-33-30-28-26-23-20-17-14-11-8-5-2/h7-12,15-21,24-28,31-32,34-35,37,40-41,44,54H,4-6,13-14,22-23,29-30,33,36,38-39,42-43,45-53H2,1-3H3/b10-7-,11-8-,12-9-,18-15-,19-16-,20-17-,24-21-,27-25-,28-26-,34-31-,35-32-,40-37-,44-41-. The Morgan fingerprint density at radius 1 is 0.333 bits per heavy atom. The van der Waals surface area contributed by atoms with Crippen molar-refractivity contribution in [3.8, 4) is 0 Å². The van der Waals surface area contributed by atoms with Crippen molar-refractivity contribution >= 4 is 17.9 Å². The molecule has 63 heavy (non-hydrogen) atoms. The smallest absolute Gasteiger partial charge is 0.306 e. The molecule has 0 aromatic rings. The number of carbonyl (C=O) groups excluding carboxylic acids is 3. The van der Waals surface area contributed by atoms with E-state index in [1.165, 1.54) is 12.8 Å². The molecule has 0 aromatic heterocycles. The van der Waals surface area contributed by atoms with E-state index in [2.05, 4.69) is 112 Å². The molecule has 6 nitrogen and oxygen atoms in total. The van der Waals surface area contributed by atoms with Gasteiger partial charge in [0.1, 0.15) is 13.2 Å². The van der Waals surface area contributed by atoms with Gasteiger partial charge in [0, 0.05) is 19.3 Å². The van der Waals surface area contributed by atoms with Gasteiger partial charge in [-0.05, 0) is 96.3 Å². The molecule has 0 aliphatic heterocycles. The zero-order valence-corrected chi connectivity index (χ0v) is 39.5. The highest BCUT2D eigenvalue weighted by Crippen LogP contribution is 2.11. The minimum absolute atomic E-state index is 0.152. The predicted molar refractivity (Wildman–Crippen MR) is 269 cm³/mol. The summed E-state index contributed by atoms with van der Waals surface area (Å²) in [6.45, 7) is 6.08. The van der Waals surface area contributed by atoms with Crippen LogP contribution in [-0.4, -0.2) is 37.2 Å². The van der Waals surface area contributed by atoms with E-state index in [0.717, 1.165) is 96.3 Å². The van der Waals surface area contributed by atoms with E-state index < -0.39 is 6.10 Å². The molecule has 0 N–H and O–H groups in total. The van der Waals surface area contributed by atoms with Crippen molar-refractivity contribution in [2.75, 3.05) is 13.2 Å². The topological polar surface area (TPSA) is 78.9 Å². The average Bonchev–Trinajstić information content (AvgIpc) is 3.28. The third-order valence-electron chi connectivity index (χ3n) is 9.15. The van der Waals surface area contributed by atoms with Crippen LogP contribution in [0.1, 0.15) is 162 Å². The molecule has 0 bridgehead atoms. The van der Waals surface area contributed by atoms with Gasteiger partial charge in [-0.1, -0.05) is 204 Å². The van der Waals surface area contributed by atoms with Crippen LogP contribution in [0.25, 0.3) is 0 Å². The minimum Gasteiger partial charge on any atom is -0.462 e. The molecule has 1 unspecified atom stereocenters. The van der Waals surface area contributed by atoms with Gasteiger partial charge in [-0.25, -0.2) is 0 Å². The summed E-state index contributed by atoms with van der Waals surface area (Å²) in [5.41, 5.74) is 0. The summed E-state index contributed by atoms with van der Waals surface area (Å²) in [5.74, 6) is -1.13. The van der Waals surface area contributed by atoms with E-state index in [1.807, 2.05) is 66.8 Å². The van der Waals surface area contributed by atoms with Gasteiger partial charge in [0.15, 0.2) is 6.10 Å². The average molecular weight is 865 g/mol. The molecule has 0 spiro atoms. The third kappa shape index (κ3) is 47.9. The number of hydrogen-bond acceptors (Lipinski definition) is 6. The first-order valence-corrected chi connectivity index (χ1v) is 24.1. The van der Waals surface area contributed by atoms with Gasteiger partial charge in [-0.15, -0.1) is 0 Å². The van der Waals surface area contributed by atoms with Crippen molar-refractivity contribution in [1.82, 2.24) is 0 Å². The molecule has 0 saturated heterocycles. The van der Waals surface area contributed by atoms with Crippen LogP contribution in [-0.2, 0) is 28.6 Å². The van der Waals surface area contributed by atoms with E-state index in [4.69, 9.17) is 14.2 Å². The lowest BCUT2D eigenvalue weighted by molar-refractivity contribution is -0.166. The maximum atomic E-state index is 12.8. The van der Waals surface area contributed by atoms with Gasteiger partial charge in [0.2, 0.25) is 0 Å². The zero-order chi connectivity index (χ0) is 45.8. The molecule has 0 radical (unpaired) electrons. The van der Waals surface area contributed by atoms with Crippen molar-refractivity contribution < 1.29 is 28.6 Å². The Morgan fingerprint density at radius 2 is 0.698 bits per heavy atom. The molecular weight excluding hydrogens is 781 g/mol. The number of ether oxygens (including phenoxy) is 3. The van der Waals surface area contributed by atoms with E-state index >= 15 is 0 Å². The Kier molecular flexibility index (Phi) is 45.8. The summed E-state index contributed by atoms with van der Waals surface area (Å²) in [6, 6.07) is 0. The molecule has 0 saturated carbocycles. The van der Waals surface area contributed by atoms with Gasteiger partial charge >= 0.3 is 17.9 Å². The molecular formula is C57H84O6. The van der Waals surface area contributed by atoms with Crippen LogP contribution in [0.4, 0.5) is 0 Å². The fourth-order valence-electron chi connectivity index (χ4n) is 5.65. The second-order valence-electron chi connectivity index (χ2n) is 15.0. The highest BCUT2D eigenvalue weighted by molar-refractivity contribution is 5.71. The van der Waals surface area contributed by atoms with Crippen molar-refractivity contribution in [3.05, 3.63) is 158 Å².